The Bertz CT molecular complexity index is 851. The molecule has 0 aromatic heterocycles. The van der Waals surface area contributed by atoms with Crippen molar-refractivity contribution in [2.75, 3.05) is 27.9 Å². The lowest BCUT2D eigenvalue weighted by Crippen LogP contribution is -2.41. The molecule has 1 atom stereocenters. The molecule has 0 saturated carbocycles. The van der Waals surface area contributed by atoms with Gasteiger partial charge in [0, 0.05) is 18.5 Å². The summed E-state index contributed by atoms with van der Waals surface area (Å²) in [7, 11) is 4.40. The smallest absolute Gasteiger partial charge is 0.410 e. The Balaban J connectivity index is 2.07. The van der Waals surface area contributed by atoms with Crippen molar-refractivity contribution in [1.29, 1.82) is 0 Å². The molecule has 0 spiro atoms. The lowest BCUT2D eigenvalue weighted by Gasteiger charge is -2.37. The number of benzene rings is 2. The van der Waals surface area contributed by atoms with Gasteiger partial charge in [0.15, 0.2) is 11.5 Å². The van der Waals surface area contributed by atoms with Crippen LogP contribution in [0.4, 0.5) is 4.79 Å². The van der Waals surface area contributed by atoms with Crippen molar-refractivity contribution >= 4 is 6.09 Å². The molecular formula is C20H23NO6. The fraction of sp³-hybridized carbons (Fsp3) is 0.350. The lowest BCUT2D eigenvalue weighted by molar-refractivity contribution is 0.100. The van der Waals surface area contributed by atoms with Gasteiger partial charge in [0.2, 0.25) is 0 Å². The third-order valence-electron chi connectivity index (χ3n) is 4.88. The summed E-state index contributed by atoms with van der Waals surface area (Å²) in [4.78, 5) is 14.0. The molecular weight excluding hydrogens is 350 g/mol. The molecule has 2 N–H and O–H groups in total. The van der Waals surface area contributed by atoms with Crippen LogP contribution in [0.5, 0.6) is 23.0 Å². The van der Waals surface area contributed by atoms with Gasteiger partial charge in [0.05, 0.1) is 27.4 Å². The summed E-state index contributed by atoms with van der Waals surface area (Å²) < 4.78 is 15.5. The Morgan fingerprint density at radius 2 is 1.85 bits per heavy atom. The lowest BCUT2D eigenvalue weighted by atomic mass is 9.88. The summed E-state index contributed by atoms with van der Waals surface area (Å²) in [6.45, 7) is 0.472. The average molecular weight is 373 g/mol. The van der Waals surface area contributed by atoms with E-state index in [1.54, 1.807) is 42.3 Å². The molecule has 0 fully saturated rings. The molecule has 0 saturated heterocycles. The largest absolute Gasteiger partial charge is 0.508 e. The van der Waals surface area contributed by atoms with Gasteiger partial charge in [0.1, 0.15) is 11.5 Å². The maximum Gasteiger partial charge on any atom is 0.410 e. The third-order valence-corrected chi connectivity index (χ3v) is 4.88. The van der Waals surface area contributed by atoms with Crippen LogP contribution < -0.4 is 9.47 Å². The summed E-state index contributed by atoms with van der Waals surface area (Å²) in [6, 6.07) is 7.89. The molecule has 2 aromatic carbocycles. The zero-order valence-electron chi connectivity index (χ0n) is 15.6. The predicted octanol–water partition coefficient (Wildman–Crippen LogP) is 3.02. The highest BCUT2D eigenvalue weighted by Crippen LogP contribution is 2.40. The van der Waals surface area contributed by atoms with Gasteiger partial charge in [0.25, 0.3) is 0 Å². The molecule has 7 heteroatoms. The Labute approximate surface area is 157 Å². The standard InChI is InChI=1S/C20H23NO6/c1-25-18-5-4-14(22)8-13(18)9-16-15-11-17(23)19(26-2)10-12(15)6-7-21(16)20(24)27-3/h4-5,8,10-11,16,22-23H,6-7,9H2,1-3H3/t16-/m0/s1. The fourth-order valence-electron chi connectivity index (χ4n) is 3.57. The Morgan fingerprint density at radius 1 is 1.11 bits per heavy atom. The van der Waals surface area contributed by atoms with E-state index in [9.17, 15) is 15.0 Å². The SMILES string of the molecule is COC(=O)N1CCc2cc(OC)c(O)cc2[C@@H]1Cc1cc(O)ccc1OC. The van der Waals surface area contributed by atoms with Crippen LogP contribution >= 0.6 is 0 Å². The third kappa shape index (κ3) is 3.58. The van der Waals surface area contributed by atoms with Crippen LogP contribution in [0.3, 0.4) is 0 Å². The van der Waals surface area contributed by atoms with Gasteiger partial charge in [-0.05, 0) is 47.9 Å². The summed E-state index contributed by atoms with van der Waals surface area (Å²) in [5.74, 6) is 1.14. The molecule has 144 valence electrons. The predicted molar refractivity (Wildman–Crippen MR) is 98.6 cm³/mol. The van der Waals surface area contributed by atoms with Crippen LogP contribution in [0.2, 0.25) is 0 Å². The normalized spacial score (nSPS) is 15.8. The van der Waals surface area contributed by atoms with Crippen molar-refractivity contribution in [1.82, 2.24) is 4.90 Å². The van der Waals surface area contributed by atoms with Crippen LogP contribution in [0.1, 0.15) is 22.7 Å². The number of carbonyl (C=O) groups excluding carboxylic acids is 1. The number of hydrogen-bond donors (Lipinski definition) is 2. The van der Waals surface area contributed by atoms with Crippen molar-refractivity contribution in [3.63, 3.8) is 0 Å². The number of carbonyl (C=O) groups is 1. The number of ether oxygens (including phenoxy) is 3. The molecule has 0 aliphatic carbocycles. The zero-order valence-corrected chi connectivity index (χ0v) is 15.6. The maximum absolute atomic E-state index is 12.3. The number of phenols is 2. The van der Waals surface area contributed by atoms with Gasteiger partial charge < -0.3 is 29.3 Å². The molecule has 27 heavy (non-hydrogen) atoms. The zero-order chi connectivity index (χ0) is 19.6. The quantitative estimate of drug-likeness (QED) is 0.856. The number of phenolic OH excluding ortho intramolecular Hbond substituents is 2. The molecule has 0 bridgehead atoms. The minimum Gasteiger partial charge on any atom is -0.508 e. The number of hydrogen-bond acceptors (Lipinski definition) is 6. The van der Waals surface area contributed by atoms with Crippen LogP contribution in [0, 0.1) is 0 Å². The Hall–Kier alpha value is -3.09. The molecule has 3 rings (SSSR count). The highest BCUT2D eigenvalue weighted by atomic mass is 16.5. The second-order valence-corrected chi connectivity index (χ2v) is 6.35. The number of nitrogens with zero attached hydrogens (tertiary/aromatic N) is 1. The number of methoxy groups -OCH3 is 3. The summed E-state index contributed by atoms with van der Waals surface area (Å²) in [5.41, 5.74) is 2.56. The average Bonchev–Trinajstić information content (AvgIpc) is 2.67. The monoisotopic (exact) mass is 373 g/mol. The number of amides is 1. The first-order chi connectivity index (χ1) is 13.0. The molecule has 1 amide bonds. The fourth-order valence-corrected chi connectivity index (χ4v) is 3.57. The number of fused-ring (bicyclic) bond motifs is 1. The van der Waals surface area contributed by atoms with Crippen LogP contribution in [0.25, 0.3) is 0 Å². The molecule has 1 aliphatic heterocycles. The first-order valence-corrected chi connectivity index (χ1v) is 8.58. The second-order valence-electron chi connectivity index (χ2n) is 6.35. The van der Waals surface area contributed by atoms with Crippen molar-refractivity contribution in [3.05, 3.63) is 47.0 Å². The molecule has 2 aromatic rings. The summed E-state index contributed by atoms with van der Waals surface area (Å²) in [5, 5.41) is 20.1. The second kappa shape index (κ2) is 7.65. The highest BCUT2D eigenvalue weighted by molar-refractivity contribution is 5.69. The van der Waals surface area contributed by atoms with Gasteiger partial charge in [-0.2, -0.15) is 0 Å². The van der Waals surface area contributed by atoms with E-state index in [1.807, 2.05) is 0 Å². The molecule has 0 radical (unpaired) electrons. The maximum atomic E-state index is 12.3. The minimum absolute atomic E-state index is 0.0100. The molecule has 7 nitrogen and oxygen atoms in total. The van der Waals surface area contributed by atoms with Gasteiger partial charge in [-0.3, -0.25) is 0 Å². The van der Waals surface area contributed by atoms with E-state index in [0.29, 0.717) is 30.9 Å². The van der Waals surface area contributed by atoms with Crippen LogP contribution in [-0.2, 0) is 17.6 Å². The van der Waals surface area contributed by atoms with Gasteiger partial charge >= 0.3 is 6.09 Å². The molecule has 1 heterocycles. The first kappa shape index (κ1) is 18.7. The topological polar surface area (TPSA) is 88.5 Å². The summed E-state index contributed by atoms with van der Waals surface area (Å²) >= 11 is 0. The summed E-state index contributed by atoms with van der Waals surface area (Å²) in [6.07, 6.45) is 0.570. The Morgan fingerprint density at radius 3 is 2.52 bits per heavy atom. The Kier molecular flexibility index (Phi) is 5.30. The van der Waals surface area contributed by atoms with Crippen LogP contribution in [-0.4, -0.2) is 49.1 Å². The van der Waals surface area contributed by atoms with Crippen molar-refractivity contribution in [2.45, 2.75) is 18.9 Å². The highest BCUT2D eigenvalue weighted by Gasteiger charge is 2.33. The number of aromatic hydroxyl groups is 2. The van der Waals surface area contributed by atoms with Gasteiger partial charge in [-0.1, -0.05) is 0 Å². The number of rotatable bonds is 4. The minimum atomic E-state index is -0.444. The van der Waals surface area contributed by atoms with Gasteiger partial charge in [-0.25, -0.2) is 4.79 Å². The van der Waals surface area contributed by atoms with Crippen molar-refractivity contribution < 1.29 is 29.2 Å². The van der Waals surface area contributed by atoms with E-state index in [0.717, 1.165) is 16.7 Å². The first-order valence-electron chi connectivity index (χ1n) is 8.58. The van der Waals surface area contributed by atoms with E-state index in [2.05, 4.69) is 0 Å². The van der Waals surface area contributed by atoms with E-state index in [1.165, 1.54) is 14.2 Å². The van der Waals surface area contributed by atoms with Crippen LogP contribution in [0.15, 0.2) is 30.3 Å². The van der Waals surface area contributed by atoms with Gasteiger partial charge in [-0.15, -0.1) is 0 Å². The van der Waals surface area contributed by atoms with Crippen molar-refractivity contribution in [3.8, 4) is 23.0 Å². The van der Waals surface area contributed by atoms with E-state index < -0.39 is 6.09 Å². The van der Waals surface area contributed by atoms with E-state index in [-0.39, 0.29) is 17.5 Å². The van der Waals surface area contributed by atoms with Crippen molar-refractivity contribution in [2.24, 2.45) is 0 Å². The van der Waals surface area contributed by atoms with E-state index in [4.69, 9.17) is 14.2 Å². The molecule has 1 aliphatic rings. The van der Waals surface area contributed by atoms with E-state index >= 15 is 0 Å². The molecule has 0 unspecified atom stereocenters.